The second-order valence-corrected chi connectivity index (χ2v) is 7.39. The summed E-state index contributed by atoms with van der Waals surface area (Å²) in [4.78, 5) is 18.0. The van der Waals surface area contributed by atoms with E-state index in [1.54, 1.807) is 35.7 Å². The van der Waals surface area contributed by atoms with Gasteiger partial charge in [-0.1, -0.05) is 25.1 Å². The summed E-state index contributed by atoms with van der Waals surface area (Å²) in [6.45, 7) is 2.06. The molecule has 0 saturated carbocycles. The molecule has 160 valence electrons. The summed E-state index contributed by atoms with van der Waals surface area (Å²) >= 11 is 0. The van der Waals surface area contributed by atoms with Crippen LogP contribution in [0.25, 0.3) is 33.4 Å². The maximum absolute atomic E-state index is 13.3. The van der Waals surface area contributed by atoms with Crippen LogP contribution < -0.4 is 15.0 Å². The van der Waals surface area contributed by atoms with Crippen LogP contribution >= 0.6 is 0 Å². The number of fused-ring (bicyclic) bond motifs is 3. The van der Waals surface area contributed by atoms with Crippen LogP contribution in [0, 0.1) is 0 Å². The first-order chi connectivity index (χ1) is 15.6. The summed E-state index contributed by atoms with van der Waals surface area (Å²) in [6, 6.07) is 17.1. The number of hydrogen-bond acceptors (Lipinski definition) is 5. The molecular formula is C25H22N4O3. The van der Waals surface area contributed by atoms with Gasteiger partial charge in [-0.15, -0.1) is 0 Å². The van der Waals surface area contributed by atoms with Gasteiger partial charge in [-0.2, -0.15) is 5.10 Å². The molecule has 5 aromatic rings. The molecule has 7 heteroatoms. The standard InChI is InChI=1S/C25H22N4O3/c1-4-21-23(16-8-10-18(31-2)11-9-16)24-26-15-20-22(29(24)27-21)12-13-28(25(20)30)17-6-5-7-19(14-17)32-3/h5-15H,4H2,1-3H3. The SMILES string of the molecule is CCc1nn2c(ncc3c(=O)n(-c4cccc(OC)c4)ccc32)c1-c1ccc(OC)cc1. The molecule has 3 aromatic heterocycles. The van der Waals surface area contributed by atoms with E-state index < -0.39 is 0 Å². The fourth-order valence-electron chi connectivity index (χ4n) is 3.98. The van der Waals surface area contributed by atoms with Crippen molar-refractivity contribution in [2.24, 2.45) is 0 Å². The smallest absolute Gasteiger partial charge is 0.266 e. The normalized spacial score (nSPS) is 11.2. The number of aromatic nitrogens is 4. The van der Waals surface area contributed by atoms with E-state index >= 15 is 0 Å². The Hall–Kier alpha value is -4.13. The maximum Gasteiger partial charge on any atom is 0.266 e. The van der Waals surface area contributed by atoms with Crippen LogP contribution in [0.4, 0.5) is 0 Å². The Labute approximate surface area is 184 Å². The van der Waals surface area contributed by atoms with Crippen molar-refractivity contribution in [1.29, 1.82) is 0 Å². The molecule has 0 aliphatic rings. The number of nitrogens with zero attached hydrogens (tertiary/aromatic N) is 4. The Morgan fingerprint density at radius 2 is 1.75 bits per heavy atom. The average molecular weight is 426 g/mol. The first kappa shape index (κ1) is 19.8. The number of hydrogen-bond donors (Lipinski definition) is 0. The van der Waals surface area contributed by atoms with Gasteiger partial charge >= 0.3 is 0 Å². The number of rotatable bonds is 5. The molecule has 0 atom stereocenters. The largest absolute Gasteiger partial charge is 0.497 e. The number of ether oxygens (including phenoxy) is 2. The third-order valence-electron chi connectivity index (χ3n) is 5.63. The molecule has 0 aliphatic heterocycles. The minimum atomic E-state index is -0.162. The second kappa shape index (κ2) is 7.85. The minimum absolute atomic E-state index is 0.162. The fraction of sp³-hybridized carbons (Fsp3) is 0.160. The van der Waals surface area contributed by atoms with Crippen molar-refractivity contribution < 1.29 is 9.47 Å². The molecule has 0 spiro atoms. The predicted octanol–water partition coefficient (Wildman–Crippen LogP) is 4.28. The molecule has 3 heterocycles. The lowest BCUT2D eigenvalue weighted by Crippen LogP contribution is -2.18. The third kappa shape index (κ3) is 3.10. The summed E-state index contributed by atoms with van der Waals surface area (Å²) < 4.78 is 13.9. The van der Waals surface area contributed by atoms with Gasteiger partial charge in [0.2, 0.25) is 0 Å². The predicted molar refractivity (Wildman–Crippen MR) is 124 cm³/mol. The van der Waals surface area contributed by atoms with E-state index in [9.17, 15) is 4.79 Å². The summed E-state index contributed by atoms with van der Waals surface area (Å²) in [6.07, 6.45) is 4.14. The topological polar surface area (TPSA) is 70.7 Å². The van der Waals surface area contributed by atoms with E-state index in [2.05, 4.69) is 11.9 Å². The molecule has 7 nitrogen and oxygen atoms in total. The lowest BCUT2D eigenvalue weighted by Gasteiger charge is -2.09. The monoisotopic (exact) mass is 426 g/mol. The Balaban J connectivity index is 1.72. The van der Waals surface area contributed by atoms with Crippen molar-refractivity contribution in [3.8, 4) is 28.3 Å². The highest BCUT2D eigenvalue weighted by Crippen LogP contribution is 2.30. The summed E-state index contributed by atoms with van der Waals surface area (Å²) in [7, 11) is 3.25. The molecule has 0 unspecified atom stereocenters. The molecule has 2 aromatic carbocycles. The molecule has 0 aliphatic carbocycles. The second-order valence-electron chi connectivity index (χ2n) is 7.39. The van der Waals surface area contributed by atoms with Crippen molar-refractivity contribution >= 4 is 16.6 Å². The molecule has 5 rings (SSSR count). The zero-order chi connectivity index (χ0) is 22.2. The van der Waals surface area contributed by atoms with Crippen molar-refractivity contribution in [1.82, 2.24) is 19.2 Å². The van der Waals surface area contributed by atoms with Crippen LogP contribution in [0.2, 0.25) is 0 Å². The van der Waals surface area contributed by atoms with Crippen LogP contribution in [0.3, 0.4) is 0 Å². The van der Waals surface area contributed by atoms with E-state index in [4.69, 9.17) is 14.6 Å². The molecule has 32 heavy (non-hydrogen) atoms. The minimum Gasteiger partial charge on any atom is -0.497 e. The van der Waals surface area contributed by atoms with Crippen LogP contribution in [-0.2, 0) is 6.42 Å². The number of pyridine rings is 1. The van der Waals surface area contributed by atoms with Crippen LogP contribution in [0.5, 0.6) is 11.5 Å². The lowest BCUT2D eigenvalue weighted by molar-refractivity contribution is 0.414. The van der Waals surface area contributed by atoms with Gasteiger partial charge in [0, 0.05) is 24.0 Å². The Morgan fingerprint density at radius 1 is 0.969 bits per heavy atom. The molecular weight excluding hydrogens is 404 g/mol. The third-order valence-corrected chi connectivity index (χ3v) is 5.63. The molecule has 0 radical (unpaired) electrons. The van der Waals surface area contributed by atoms with Crippen molar-refractivity contribution in [3.05, 3.63) is 83.0 Å². The van der Waals surface area contributed by atoms with Gasteiger partial charge in [0.25, 0.3) is 5.56 Å². The van der Waals surface area contributed by atoms with Crippen LogP contribution in [0.1, 0.15) is 12.6 Å². The first-order valence-electron chi connectivity index (χ1n) is 10.4. The number of methoxy groups -OCH3 is 2. The quantitative estimate of drug-likeness (QED) is 0.420. The van der Waals surface area contributed by atoms with Gasteiger partial charge in [-0.05, 0) is 42.3 Å². The molecule has 0 bridgehead atoms. The highest BCUT2D eigenvalue weighted by Gasteiger charge is 2.18. The number of aryl methyl sites for hydroxylation is 1. The highest BCUT2D eigenvalue weighted by molar-refractivity contribution is 5.86. The Morgan fingerprint density at radius 3 is 2.47 bits per heavy atom. The Bertz CT molecular complexity index is 1500. The van der Waals surface area contributed by atoms with E-state index in [0.717, 1.165) is 40.3 Å². The summed E-state index contributed by atoms with van der Waals surface area (Å²) in [5, 5.41) is 5.30. The molecule has 0 N–H and O–H groups in total. The van der Waals surface area contributed by atoms with Gasteiger partial charge in [-0.25, -0.2) is 9.50 Å². The summed E-state index contributed by atoms with van der Waals surface area (Å²) in [5.74, 6) is 1.48. The van der Waals surface area contributed by atoms with E-state index in [0.29, 0.717) is 16.7 Å². The van der Waals surface area contributed by atoms with E-state index in [-0.39, 0.29) is 5.56 Å². The zero-order valence-electron chi connectivity index (χ0n) is 18.1. The molecule has 0 saturated heterocycles. The molecule has 0 amide bonds. The Kier molecular flexibility index (Phi) is 4.86. The fourth-order valence-corrected chi connectivity index (χ4v) is 3.98. The van der Waals surface area contributed by atoms with Crippen LogP contribution in [0.15, 0.2) is 71.8 Å². The zero-order valence-corrected chi connectivity index (χ0v) is 18.1. The van der Waals surface area contributed by atoms with Gasteiger partial charge < -0.3 is 9.47 Å². The van der Waals surface area contributed by atoms with E-state index in [1.165, 1.54) is 0 Å². The van der Waals surface area contributed by atoms with Crippen molar-refractivity contribution in [3.63, 3.8) is 0 Å². The van der Waals surface area contributed by atoms with E-state index in [1.807, 2.05) is 54.6 Å². The first-order valence-corrected chi connectivity index (χ1v) is 10.4. The van der Waals surface area contributed by atoms with Gasteiger partial charge in [-0.3, -0.25) is 9.36 Å². The number of benzene rings is 2. The highest BCUT2D eigenvalue weighted by atomic mass is 16.5. The van der Waals surface area contributed by atoms with Gasteiger partial charge in [0.05, 0.1) is 36.5 Å². The average Bonchev–Trinajstić information content (AvgIpc) is 3.23. The van der Waals surface area contributed by atoms with Gasteiger partial charge in [0.1, 0.15) is 11.5 Å². The lowest BCUT2D eigenvalue weighted by atomic mass is 10.0. The van der Waals surface area contributed by atoms with Crippen molar-refractivity contribution in [2.75, 3.05) is 14.2 Å². The van der Waals surface area contributed by atoms with Crippen molar-refractivity contribution in [2.45, 2.75) is 13.3 Å². The van der Waals surface area contributed by atoms with Gasteiger partial charge in [0.15, 0.2) is 5.65 Å². The summed E-state index contributed by atoms with van der Waals surface area (Å²) in [5.41, 5.74) is 4.90. The maximum atomic E-state index is 13.3. The van der Waals surface area contributed by atoms with Crippen LogP contribution in [-0.4, -0.2) is 33.4 Å². The molecule has 0 fully saturated rings.